The third-order valence-corrected chi connectivity index (χ3v) is 0.824. The van der Waals surface area contributed by atoms with Crippen LogP contribution < -0.4 is 0 Å². The first kappa shape index (κ1) is 8.88. The van der Waals surface area contributed by atoms with Gasteiger partial charge in [0.25, 0.3) is 5.78 Å². The van der Waals surface area contributed by atoms with Crippen LogP contribution in [-0.4, -0.2) is 18.4 Å². The molecule has 0 aromatic carbocycles. The van der Waals surface area contributed by atoms with E-state index in [0.717, 1.165) is 12.5 Å². The van der Waals surface area contributed by atoms with Gasteiger partial charge in [-0.05, 0) is 12.5 Å². The average molecular weight is 142 g/mol. The Morgan fingerprint density at radius 2 is 2.20 bits per heavy atom. The molecular formula is C7H10O3. The molecule has 0 N–H and O–H groups in total. The molecule has 0 heterocycles. The van der Waals surface area contributed by atoms with Gasteiger partial charge in [-0.3, -0.25) is 4.79 Å². The molecule has 0 aliphatic carbocycles. The van der Waals surface area contributed by atoms with E-state index < -0.39 is 11.8 Å². The van der Waals surface area contributed by atoms with Crippen LogP contribution in [0.25, 0.3) is 0 Å². The Morgan fingerprint density at radius 1 is 1.60 bits per heavy atom. The van der Waals surface area contributed by atoms with Gasteiger partial charge in [-0.25, -0.2) is 4.79 Å². The Balaban J connectivity index is 3.62. The molecule has 0 aliphatic rings. The van der Waals surface area contributed by atoms with E-state index in [9.17, 15) is 9.59 Å². The lowest BCUT2D eigenvalue weighted by Crippen LogP contribution is -2.14. The number of ether oxygens (including phenoxy) is 1. The van der Waals surface area contributed by atoms with E-state index >= 15 is 0 Å². The summed E-state index contributed by atoms with van der Waals surface area (Å²) in [6.45, 7) is 5.28. The van der Waals surface area contributed by atoms with Crippen LogP contribution in [-0.2, 0) is 14.3 Å². The van der Waals surface area contributed by atoms with Crippen LogP contribution in [0.5, 0.6) is 0 Å². The molecule has 0 spiro atoms. The SMILES string of the molecule is C=CC(=O)C(=O)OCCC. The van der Waals surface area contributed by atoms with E-state index in [4.69, 9.17) is 0 Å². The fourth-order valence-electron chi connectivity index (χ4n) is 0.349. The number of rotatable bonds is 4. The molecule has 0 unspecified atom stereocenters. The molecule has 0 aromatic heterocycles. The molecule has 0 saturated carbocycles. The Kier molecular flexibility index (Phi) is 4.20. The Bertz CT molecular complexity index is 149. The van der Waals surface area contributed by atoms with Gasteiger partial charge in [0, 0.05) is 0 Å². The molecule has 3 nitrogen and oxygen atoms in total. The number of ketones is 1. The maximum atomic E-state index is 10.5. The van der Waals surface area contributed by atoms with Gasteiger partial charge in [0.05, 0.1) is 6.61 Å². The number of hydrogen-bond acceptors (Lipinski definition) is 3. The lowest BCUT2D eigenvalue weighted by atomic mass is 10.4. The summed E-state index contributed by atoms with van der Waals surface area (Å²) in [4.78, 5) is 20.9. The molecule has 0 fully saturated rings. The number of esters is 1. The second-order valence-electron chi connectivity index (χ2n) is 1.70. The number of carbonyl (C=O) groups excluding carboxylic acids is 2. The summed E-state index contributed by atoms with van der Waals surface area (Å²) in [5, 5.41) is 0. The van der Waals surface area contributed by atoms with E-state index in [1.165, 1.54) is 0 Å². The predicted octanol–water partition coefficient (Wildman–Crippen LogP) is 0.695. The maximum absolute atomic E-state index is 10.5. The Morgan fingerprint density at radius 3 is 2.60 bits per heavy atom. The van der Waals surface area contributed by atoms with Crippen molar-refractivity contribution in [3.8, 4) is 0 Å². The third-order valence-electron chi connectivity index (χ3n) is 0.824. The Hall–Kier alpha value is -1.12. The second kappa shape index (κ2) is 4.73. The fourth-order valence-corrected chi connectivity index (χ4v) is 0.349. The molecule has 0 aromatic rings. The zero-order chi connectivity index (χ0) is 7.98. The topological polar surface area (TPSA) is 43.4 Å². The summed E-state index contributed by atoms with van der Waals surface area (Å²) in [6, 6.07) is 0. The van der Waals surface area contributed by atoms with Crippen molar-refractivity contribution in [2.75, 3.05) is 6.61 Å². The molecule has 56 valence electrons. The summed E-state index contributed by atoms with van der Waals surface area (Å²) in [5.41, 5.74) is 0. The van der Waals surface area contributed by atoms with Gasteiger partial charge in [-0.1, -0.05) is 13.5 Å². The minimum Gasteiger partial charge on any atom is -0.460 e. The summed E-state index contributed by atoms with van der Waals surface area (Å²) in [7, 11) is 0. The number of hydrogen-bond donors (Lipinski definition) is 0. The standard InChI is InChI=1S/C7H10O3/c1-3-5-10-7(9)6(8)4-2/h4H,2-3,5H2,1H3. The van der Waals surface area contributed by atoms with Crippen LogP contribution >= 0.6 is 0 Å². The van der Waals surface area contributed by atoms with Crippen LogP contribution in [0, 0.1) is 0 Å². The van der Waals surface area contributed by atoms with E-state index in [2.05, 4.69) is 11.3 Å². The summed E-state index contributed by atoms with van der Waals surface area (Å²) in [6.07, 6.45) is 1.66. The minimum atomic E-state index is -0.822. The highest BCUT2D eigenvalue weighted by Gasteiger charge is 2.08. The van der Waals surface area contributed by atoms with E-state index in [0.29, 0.717) is 6.61 Å². The lowest BCUT2D eigenvalue weighted by molar-refractivity contribution is -0.151. The molecular weight excluding hydrogens is 132 g/mol. The minimum absolute atomic E-state index is 0.290. The quantitative estimate of drug-likeness (QED) is 0.329. The molecule has 0 radical (unpaired) electrons. The first-order valence-electron chi connectivity index (χ1n) is 3.06. The van der Waals surface area contributed by atoms with Gasteiger partial charge < -0.3 is 4.74 Å². The smallest absolute Gasteiger partial charge is 0.378 e. The molecule has 0 rings (SSSR count). The van der Waals surface area contributed by atoms with Crippen molar-refractivity contribution >= 4 is 11.8 Å². The van der Waals surface area contributed by atoms with E-state index in [1.807, 2.05) is 6.92 Å². The largest absolute Gasteiger partial charge is 0.460 e. The van der Waals surface area contributed by atoms with E-state index in [1.54, 1.807) is 0 Å². The van der Waals surface area contributed by atoms with Crippen LogP contribution in [0.3, 0.4) is 0 Å². The Labute approximate surface area is 59.7 Å². The molecule has 0 aliphatic heterocycles. The zero-order valence-electron chi connectivity index (χ0n) is 5.92. The predicted molar refractivity (Wildman–Crippen MR) is 36.5 cm³/mol. The number of carbonyl (C=O) groups is 2. The highest BCUT2D eigenvalue weighted by atomic mass is 16.5. The van der Waals surface area contributed by atoms with Crippen molar-refractivity contribution in [3.05, 3.63) is 12.7 Å². The van der Waals surface area contributed by atoms with Crippen molar-refractivity contribution in [1.82, 2.24) is 0 Å². The first-order chi connectivity index (χ1) is 4.72. The van der Waals surface area contributed by atoms with Gasteiger partial charge in [0.1, 0.15) is 0 Å². The molecule has 0 bridgehead atoms. The van der Waals surface area contributed by atoms with Crippen LogP contribution in [0.15, 0.2) is 12.7 Å². The fraction of sp³-hybridized carbons (Fsp3) is 0.429. The molecule has 10 heavy (non-hydrogen) atoms. The van der Waals surface area contributed by atoms with Gasteiger partial charge in [-0.15, -0.1) is 0 Å². The molecule has 0 amide bonds. The molecule has 0 saturated heterocycles. The average Bonchev–Trinajstić information content (AvgIpc) is 1.98. The van der Waals surface area contributed by atoms with Gasteiger partial charge in [0.15, 0.2) is 0 Å². The van der Waals surface area contributed by atoms with Crippen LogP contribution in [0.4, 0.5) is 0 Å². The lowest BCUT2D eigenvalue weighted by Gasteiger charge is -1.96. The van der Waals surface area contributed by atoms with Crippen LogP contribution in [0.2, 0.25) is 0 Å². The highest BCUT2D eigenvalue weighted by molar-refractivity contribution is 6.38. The highest BCUT2D eigenvalue weighted by Crippen LogP contribution is 1.84. The van der Waals surface area contributed by atoms with Crippen molar-refractivity contribution < 1.29 is 14.3 Å². The van der Waals surface area contributed by atoms with Gasteiger partial charge in [0.2, 0.25) is 0 Å². The first-order valence-corrected chi connectivity index (χ1v) is 3.06. The van der Waals surface area contributed by atoms with Gasteiger partial charge >= 0.3 is 5.97 Å². The third kappa shape index (κ3) is 3.02. The monoisotopic (exact) mass is 142 g/mol. The van der Waals surface area contributed by atoms with Crippen molar-refractivity contribution in [2.45, 2.75) is 13.3 Å². The second-order valence-corrected chi connectivity index (χ2v) is 1.70. The van der Waals surface area contributed by atoms with Crippen molar-refractivity contribution in [3.63, 3.8) is 0 Å². The summed E-state index contributed by atoms with van der Waals surface area (Å²) < 4.78 is 4.48. The maximum Gasteiger partial charge on any atom is 0.378 e. The summed E-state index contributed by atoms with van der Waals surface area (Å²) >= 11 is 0. The van der Waals surface area contributed by atoms with E-state index in [-0.39, 0.29) is 0 Å². The van der Waals surface area contributed by atoms with Gasteiger partial charge in [-0.2, -0.15) is 0 Å². The van der Waals surface area contributed by atoms with Crippen LogP contribution in [0.1, 0.15) is 13.3 Å². The summed E-state index contributed by atoms with van der Waals surface area (Å²) in [5.74, 6) is -1.51. The molecule has 0 atom stereocenters. The normalized spacial score (nSPS) is 8.50. The van der Waals surface area contributed by atoms with Crippen molar-refractivity contribution in [2.24, 2.45) is 0 Å². The zero-order valence-corrected chi connectivity index (χ0v) is 5.92. The molecule has 3 heteroatoms. The van der Waals surface area contributed by atoms with Crippen molar-refractivity contribution in [1.29, 1.82) is 0 Å².